The van der Waals surface area contributed by atoms with Crippen molar-refractivity contribution in [3.05, 3.63) is 82.3 Å². The molecule has 3 nitrogen and oxygen atoms in total. The van der Waals surface area contributed by atoms with E-state index in [4.69, 9.17) is 0 Å². The molecule has 1 N–H and O–H groups in total. The van der Waals surface area contributed by atoms with Gasteiger partial charge in [-0.1, -0.05) is 54.1 Å². The molecule has 0 unspecified atom stereocenters. The minimum absolute atomic E-state index is 0.105. The molecule has 2 aromatic rings. The number of amidine groups is 1. The van der Waals surface area contributed by atoms with Crippen LogP contribution in [0.4, 0.5) is 5.69 Å². The normalized spacial score (nSPS) is 18.2. The molecule has 0 aliphatic carbocycles. The maximum Gasteiger partial charge on any atom is 0.264 e. The van der Waals surface area contributed by atoms with Gasteiger partial charge in [-0.2, -0.15) is 0 Å². The van der Waals surface area contributed by atoms with E-state index in [1.54, 1.807) is 0 Å². The van der Waals surface area contributed by atoms with Crippen molar-refractivity contribution < 1.29 is 4.79 Å². The molecule has 120 valence electrons. The highest BCUT2D eigenvalue weighted by Gasteiger charge is 2.23. The van der Waals surface area contributed by atoms with Gasteiger partial charge < -0.3 is 5.32 Å². The summed E-state index contributed by atoms with van der Waals surface area (Å²) in [6, 6.07) is 17.9. The Morgan fingerprint density at radius 2 is 1.79 bits per heavy atom. The van der Waals surface area contributed by atoms with Crippen LogP contribution >= 0.6 is 11.8 Å². The van der Waals surface area contributed by atoms with Gasteiger partial charge in [0.05, 0.1) is 10.6 Å². The number of hydrogen-bond acceptors (Lipinski definition) is 3. The molecule has 4 heteroatoms. The maximum atomic E-state index is 12.1. The molecule has 1 amide bonds. The van der Waals surface area contributed by atoms with Crippen molar-refractivity contribution in [2.45, 2.75) is 13.8 Å². The number of carbonyl (C=O) groups excluding carboxylic acids is 1. The van der Waals surface area contributed by atoms with Crippen LogP contribution in [0.3, 0.4) is 0 Å². The summed E-state index contributed by atoms with van der Waals surface area (Å²) in [5, 5.41) is 3.43. The Kier molecular flexibility index (Phi) is 4.96. The number of aliphatic imine (C=N–C) groups is 1. The first-order chi connectivity index (χ1) is 11.6. The summed E-state index contributed by atoms with van der Waals surface area (Å²) in [6.07, 6.45) is 3.95. The number of nitrogens with one attached hydrogen (secondary N) is 1. The van der Waals surface area contributed by atoms with Crippen molar-refractivity contribution in [3.8, 4) is 0 Å². The Morgan fingerprint density at radius 1 is 1.08 bits per heavy atom. The van der Waals surface area contributed by atoms with Crippen LogP contribution in [0.25, 0.3) is 6.08 Å². The highest BCUT2D eigenvalue weighted by Crippen LogP contribution is 2.27. The molecule has 0 aromatic heterocycles. The molecule has 1 aliphatic rings. The quantitative estimate of drug-likeness (QED) is 0.817. The number of thioether (sulfide) groups is 1. The van der Waals surface area contributed by atoms with E-state index in [0.29, 0.717) is 10.1 Å². The summed E-state index contributed by atoms with van der Waals surface area (Å²) >= 11 is 1.37. The molecule has 0 radical (unpaired) electrons. The minimum atomic E-state index is -0.105. The SMILES string of the molecule is CC(=Cc1ccccc1)C=C1SC(=Nc2ccc(C)cc2)NC1=O. The molecule has 1 heterocycles. The van der Waals surface area contributed by atoms with E-state index in [-0.39, 0.29) is 5.91 Å². The highest BCUT2D eigenvalue weighted by atomic mass is 32.2. The van der Waals surface area contributed by atoms with Gasteiger partial charge in [0, 0.05) is 0 Å². The lowest BCUT2D eigenvalue weighted by atomic mass is 10.1. The van der Waals surface area contributed by atoms with Crippen molar-refractivity contribution in [3.63, 3.8) is 0 Å². The number of carbonyl (C=O) groups is 1. The molecule has 0 spiro atoms. The first kappa shape index (κ1) is 16.3. The molecular formula is C20H18N2OS. The zero-order valence-corrected chi connectivity index (χ0v) is 14.4. The lowest BCUT2D eigenvalue weighted by Gasteiger charge is -1.97. The first-order valence-corrected chi connectivity index (χ1v) is 8.51. The standard InChI is InChI=1S/C20H18N2OS/c1-14-8-10-17(11-9-14)21-20-22-19(23)18(24-20)13-15(2)12-16-6-4-3-5-7-16/h3-13H,1-2H3,(H,21,22,23). The monoisotopic (exact) mass is 334 g/mol. The second-order valence-corrected chi connectivity index (χ2v) is 6.65. The van der Waals surface area contributed by atoms with E-state index >= 15 is 0 Å². The molecule has 2 aromatic carbocycles. The highest BCUT2D eigenvalue weighted by molar-refractivity contribution is 8.18. The fourth-order valence-corrected chi connectivity index (χ4v) is 3.17. The van der Waals surface area contributed by atoms with Gasteiger partial charge >= 0.3 is 0 Å². The van der Waals surface area contributed by atoms with Crippen molar-refractivity contribution in [2.24, 2.45) is 4.99 Å². The molecule has 24 heavy (non-hydrogen) atoms. The van der Waals surface area contributed by atoms with E-state index in [2.05, 4.69) is 16.4 Å². The second kappa shape index (κ2) is 7.32. The topological polar surface area (TPSA) is 41.5 Å². The smallest absolute Gasteiger partial charge is 0.264 e. The van der Waals surface area contributed by atoms with Gasteiger partial charge in [0.15, 0.2) is 5.17 Å². The lowest BCUT2D eigenvalue weighted by molar-refractivity contribution is -0.115. The number of hydrogen-bond donors (Lipinski definition) is 1. The fraction of sp³-hybridized carbons (Fsp3) is 0.100. The zero-order chi connectivity index (χ0) is 16.9. The number of rotatable bonds is 3. The second-order valence-electron chi connectivity index (χ2n) is 5.62. The third-order valence-electron chi connectivity index (χ3n) is 3.47. The van der Waals surface area contributed by atoms with Gasteiger partial charge in [-0.05, 0) is 55.0 Å². The third kappa shape index (κ3) is 4.24. The number of benzene rings is 2. The van der Waals surface area contributed by atoms with Crippen LogP contribution in [-0.4, -0.2) is 11.1 Å². The van der Waals surface area contributed by atoms with Gasteiger partial charge in [0.2, 0.25) is 0 Å². The molecular weight excluding hydrogens is 316 g/mol. The van der Waals surface area contributed by atoms with Crippen molar-refractivity contribution in [1.29, 1.82) is 0 Å². The Balaban J connectivity index is 1.77. The largest absolute Gasteiger partial charge is 0.300 e. The first-order valence-electron chi connectivity index (χ1n) is 7.70. The van der Waals surface area contributed by atoms with Crippen molar-refractivity contribution in [1.82, 2.24) is 5.32 Å². The third-order valence-corrected chi connectivity index (χ3v) is 4.38. The van der Waals surface area contributed by atoms with E-state index in [1.807, 2.05) is 74.5 Å². The molecule has 0 saturated carbocycles. The van der Waals surface area contributed by atoms with Gasteiger partial charge in [0.25, 0.3) is 5.91 Å². The van der Waals surface area contributed by atoms with E-state index < -0.39 is 0 Å². The number of aryl methyl sites for hydroxylation is 1. The number of amides is 1. The van der Waals surface area contributed by atoms with Crippen LogP contribution in [0.15, 0.2) is 76.1 Å². The molecule has 1 fully saturated rings. The van der Waals surface area contributed by atoms with Crippen LogP contribution in [0.1, 0.15) is 18.1 Å². The Labute approximate surface area is 146 Å². The van der Waals surface area contributed by atoms with Crippen LogP contribution < -0.4 is 5.32 Å². The fourth-order valence-electron chi connectivity index (χ4n) is 2.28. The van der Waals surface area contributed by atoms with Gasteiger partial charge in [0.1, 0.15) is 0 Å². The molecule has 3 rings (SSSR count). The zero-order valence-electron chi connectivity index (χ0n) is 13.6. The maximum absolute atomic E-state index is 12.1. The minimum Gasteiger partial charge on any atom is -0.300 e. The van der Waals surface area contributed by atoms with Crippen molar-refractivity contribution >= 4 is 34.6 Å². The van der Waals surface area contributed by atoms with E-state index in [0.717, 1.165) is 16.8 Å². The summed E-state index contributed by atoms with van der Waals surface area (Å²) in [4.78, 5) is 17.2. The number of allylic oxidation sites excluding steroid dienone is 2. The Morgan fingerprint density at radius 3 is 2.50 bits per heavy atom. The van der Waals surface area contributed by atoms with E-state index in [1.165, 1.54) is 17.3 Å². The predicted octanol–water partition coefficient (Wildman–Crippen LogP) is 4.83. The average Bonchev–Trinajstić information content (AvgIpc) is 2.90. The molecule has 1 aliphatic heterocycles. The average molecular weight is 334 g/mol. The molecule has 1 saturated heterocycles. The summed E-state index contributed by atoms with van der Waals surface area (Å²) in [5.74, 6) is -0.105. The Hall–Kier alpha value is -2.59. The summed E-state index contributed by atoms with van der Waals surface area (Å²) < 4.78 is 0. The molecule has 0 atom stereocenters. The van der Waals surface area contributed by atoms with Gasteiger partial charge in [-0.15, -0.1) is 0 Å². The predicted molar refractivity (Wildman–Crippen MR) is 102 cm³/mol. The van der Waals surface area contributed by atoms with Crippen LogP contribution in [0.5, 0.6) is 0 Å². The van der Waals surface area contributed by atoms with Crippen LogP contribution in [0, 0.1) is 6.92 Å². The van der Waals surface area contributed by atoms with Crippen LogP contribution in [-0.2, 0) is 4.79 Å². The summed E-state index contributed by atoms with van der Waals surface area (Å²) in [5.41, 5.74) is 4.16. The van der Waals surface area contributed by atoms with Crippen LogP contribution in [0.2, 0.25) is 0 Å². The lowest BCUT2D eigenvalue weighted by Crippen LogP contribution is -2.19. The summed E-state index contributed by atoms with van der Waals surface area (Å²) in [7, 11) is 0. The van der Waals surface area contributed by atoms with Gasteiger partial charge in [-0.3, -0.25) is 4.79 Å². The number of nitrogens with zero attached hydrogens (tertiary/aromatic N) is 1. The van der Waals surface area contributed by atoms with Crippen molar-refractivity contribution in [2.75, 3.05) is 0 Å². The Bertz CT molecular complexity index is 834. The summed E-state index contributed by atoms with van der Waals surface area (Å²) in [6.45, 7) is 4.02. The van der Waals surface area contributed by atoms with Gasteiger partial charge in [-0.25, -0.2) is 4.99 Å². The van der Waals surface area contributed by atoms with E-state index in [9.17, 15) is 4.79 Å². The molecule has 0 bridgehead atoms.